The Bertz CT molecular complexity index is 1240. The van der Waals surface area contributed by atoms with Crippen LogP contribution in [-0.2, 0) is 16.2 Å². The first-order chi connectivity index (χ1) is 16.9. The van der Waals surface area contributed by atoms with Crippen molar-refractivity contribution in [2.75, 3.05) is 11.9 Å². The fourth-order valence-corrected chi connectivity index (χ4v) is 2.89. The molecule has 0 radical (unpaired) electrons. The second-order valence-corrected chi connectivity index (χ2v) is 7.11. The van der Waals surface area contributed by atoms with Crippen LogP contribution < -0.4 is 25.9 Å². The number of rotatable bonds is 9. The van der Waals surface area contributed by atoms with Gasteiger partial charge >= 0.3 is 11.8 Å². The van der Waals surface area contributed by atoms with Gasteiger partial charge in [-0.3, -0.25) is 14.4 Å². The van der Waals surface area contributed by atoms with E-state index in [0.717, 1.165) is 0 Å². The van der Waals surface area contributed by atoms with Crippen LogP contribution in [0.3, 0.4) is 0 Å². The summed E-state index contributed by atoms with van der Waals surface area (Å²) >= 11 is 0. The van der Waals surface area contributed by atoms with Gasteiger partial charge in [0.2, 0.25) is 5.91 Å². The molecule has 0 saturated heterocycles. The van der Waals surface area contributed by atoms with Crippen LogP contribution >= 0.6 is 0 Å². The summed E-state index contributed by atoms with van der Waals surface area (Å²) in [6.45, 7) is 2.20. The lowest BCUT2D eigenvalue weighted by atomic mass is 10.2. The number of hydrogen-bond donors (Lipinski definition) is 3. The smallest absolute Gasteiger partial charge is 0.329 e. The van der Waals surface area contributed by atoms with Crippen molar-refractivity contribution in [3.8, 4) is 11.5 Å². The number of nitrogens with two attached hydrogens (primary N) is 1. The first-order valence-electron chi connectivity index (χ1n) is 10.5. The molecule has 0 aliphatic rings. The standard InChI is InChI=1S/C25H23FN4O5/c1-2-34-22-13-16(7-12-21(22)35-15-18-5-3-4-6-20(18)26)14-28-30-25(33)24(32)29-19-10-8-17(9-11-19)23(27)31/h3-14H,2,15H2,1H3,(H2,27,31)(H,29,32)(H,30,33). The van der Waals surface area contributed by atoms with Crippen LogP contribution in [-0.4, -0.2) is 30.5 Å². The van der Waals surface area contributed by atoms with Crippen LogP contribution in [0.25, 0.3) is 0 Å². The van der Waals surface area contributed by atoms with Crippen molar-refractivity contribution in [1.29, 1.82) is 0 Å². The Kier molecular flexibility index (Phi) is 8.49. The van der Waals surface area contributed by atoms with Gasteiger partial charge in [-0.25, -0.2) is 9.82 Å². The van der Waals surface area contributed by atoms with Gasteiger partial charge in [0.15, 0.2) is 11.5 Å². The summed E-state index contributed by atoms with van der Waals surface area (Å²) < 4.78 is 25.1. The maximum absolute atomic E-state index is 13.8. The largest absolute Gasteiger partial charge is 0.490 e. The van der Waals surface area contributed by atoms with Crippen molar-refractivity contribution in [2.24, 2.45) is 10.8 Å². The summed E-state index contributed by atoms with van der Waals surface area (Å²) in [5.41, 5.74) is 8.84. The Balaban J connectivity index is 1.58. The highest BCUT2D eigenvalue weighted by atomic mass is 19.1. The predicted molar refractivity (Wildman–Crippen MR) is 128 cm³/mol. The van der Waals surface area contributed by atoms with E-state index < -0.39 is 17.7 Å². The number of carbonyl (C=O) groups excluding carboxylic acids is 3. The molecule has 0 bridgehead atoms. The Labute approximate surface area is 200 Å². The van der Waals surface area contributed by atoms with Crippen LogP contribution in [0.2, 0.25) is 0 Å². The van der Waals surface area contributed by atoms with Crippen LogP contribution in [0, 0.1) is 5.82 Å². The van der Waals surface area contributed by atoms with Crippen molar-refractivity contribution in [1.82, 2.24) is 5.43 Å². The Morgan fingerprint density at radius 1 is 0.971 bits per heavy atom. The zero-order chi connectivity index (χ0) is 25.2. The molecule has 0 aliphatic carbocycles. The molecule has 0 saturated carbocycles. The van der Waals surface area contributed by atoms with Crippen molar-refractivity contribution in [3.05, 3.63) is 89.2 Å². The fraction of sp³-hybridized carbons (Fsp3) is 0.120. The number of nitrogens with one attached hydrogen (secondary N) is 2. The van der Waals surface area contributed by atoms with Gasteiger partial charge in [-0.15, -0.1) is 0 Å². The number of carbonyl (C=O) groups is 3. The average molecular weight is 478 g/mol. The molecule has 3 amide bonds. The van der Waals surface area contributed by atoms with E-state index in [9.17, 15) is 18.8 Å². The number of hydrogen-bond acceptors (Lipinski definition) is 6. The minimum atomic E-state index is -0.991. The first-order valence-corrected chi connectivity index (χ1v) is 10.5. The number of ether oxygens (including phenoxy) is 2. The lowest BCUT2D eigenvalue weighted by Gasteiger charge is -2.13. The van der Waals surface area contributed by atoms with Gasteiger partial charge in [0.05, 0.1) is 12.8 Å². The van der Waals surface area contributed by atoms with Crippen LogP contribution in [0.15, 0.2) is 71.8 Å². The SMILES string of the molecule is CCOc1cc(C=NNC(=O)C(=O)Nc2ccc(C(N)=O)cc2)ccc1OCc1ccccc1F. The molecule has 9 nitrogen and oxygen atoms in total. The third kappa shape index (κ3) is 7.13. The molecule has 0 spiro atoms. The van der Waals surface area contributed by atoms with E-state index in [2.05, 4.69) is 15.8 Å². The number of nitrogens with zero attached hydrogens (tertiary/aromatic N) is 1. The second kappa shape index (κ2) is 11.9. The number of benzene rings is 3. The lowest BCUT2D eigenvalue weighted by Crippen LogP contribution is -2.32. The molecule has 3 aromatic rings. The summed E-state index contributed by atoms with van der Waals surface area (Å²) in [4.78, 5) is 35.1. The molecule has 0 aromatic heterocycles. The van der Waals surface area contributed by atoms with Gasteiger partial charge in [-0.05, 0) is 61.0 Å². The fourth-order valence-electron chi connectivity index (χ4n) is 2.89. The molecule has 3 rings (SSSR count). The van der Waals surface area contributed by atoms with E-state index in [1.807, 2.05) is 6.92 Å². The van der Waals surface area contributed by atoms with Crippen LogP contribution in [0.4, 0.5) is 10.1 Å². The van der Waals surface area contributed by atoms with E-state index >= 15 is 0 Å². The van der Waals surface area contributed by atoms with Gasteiger partial charge in [0.25, 0.3) is 0 Å². The van der Waals surface area contributed by atoms with Crippen molar-refractivity contribution >= 4 is 29.6 Å². The van der Waals surface area contributed by atoms with Gasteiger partial charge in [-0.1, -0.05) is 18.2 Å². The van der Waals surface area contributed by atoms with E-state index in [4.69, 9.17) is 15.2 Å². The van der Waals surface area contributed by atoms with Crippen LogP contribution in [0.5, 0.6) is 11.5 Å². The van der Waals surface area contributed by atoms with Gasteiger partial charge < -0.3 is 20.5 Å². The molecule has 3 aromatic carbocycles. The van der Waals surface area contributed by atoms with E-state index in [1.165, 1.54) is 36.5 Å². The summed E-state index contributed by atoms with van der Waals surface area (Å²) in [5, 5.41) is 6.17. The Morgan fingerprint density at radius 2 is 1.71 bits per heavy atom. The van der Waals surface area contributed by atoms with Crippen molar-refractivity contribution in [3.63, 3.8) is 0 Å². The Morgan fingerprint density at radius 3 is 2.40 bits per heavy atom. The van der Waals surface area contributed by atoms with E-state index in [-0.39, 0.29) is 18.0 Å². The van der Waals surface area contributed by atoms with E-state index in [0.29, 0.717) is 34.9 Å². The molecular formula is C25H23FN4O5. The molecule has 0 unspecified atom stereocenters. The summed E-state index contributed by atoms with van der Waals surface area (Å²) in [7, 11) is 0. The molecule has 10 heteroatoms. The zero-order valence-electron chi connectivity index (χ0n) is 18.8. The predicted octanol–water partition coefficient (Wildman–Crippen LogP) is 2.99. The lowest BCUT2D eigenvalue weighted by molar-refractivity contribution is -0.136. The monoisotopic (exact) mass is 478 g/mol. The van der Waals surface area contributed by atoms with Crippen LogP contribution in [0.1, 0.15) is 28.4 Å². The molecule has 0 atom stereocenters. The molecule has 35 heavy (non-hydrogen) atoms. The topological polar surface area (TPSA) is 132 Å². The number of amides is 3. The first kappa shape index (κ1) is 24.9. The summed E-state index contributed by atoms with van der Waals surface area (Å²) in [6.07, 6.45) is 1.33. The van der Waals surface area contributed by atoms with E-state index in [1.54, 1.807) is 36.4 Å². The second-order valence-electron chi connectivity index (χ2n) is 7.11. The van der Waals surface area contributed by atoms with Crippen molar-refractivity contribution < 1.29 is 28.2 Å². The van der Waals surface area contributed by atoms with Gasteiger partial charge in [0, 0.05) is 16.8 Å². The number of halogens is 1. The maximum Gasteiger partial charge on any atom is 0.329 e. The normalized spacial score (nSPS) is 10.6. The van der Waals surface area contributed by atoms with Crippen molar-refractivity contribution in [2.45, 2.75) is 13.5 Å². The highest BCUT2D eigenvalue weighted by Crippen LogP contribution is 2.29. The minimum Gasteiger partial charge on any atom is -0.490 e. The maximum atomic E-state index is 13.8. The highest BCUT2D eigenvalue weighted by Gasteiger charge is 2.13. The number of hydrazone groups is 1. The molecule has 4 N–H and O–H groups in total. The third-order valence-corrected chi connectivity index (χ3v) is 4.62. The molecule has 0 heterocycles. The minimum absolute atomic E-state index is 0.0244. The summed E-state index contributed by atoms with van der Waals surface area (Å²) in [6, 6.07) is 17.0. The van der Waals surface area contributed by atoms with Gasteiger partial charge in [0.1, 0.15) is 12.4 Å². The molecule has 180 valence electrons. The highest BCUT2D eigenvalue weighted by molar-refractivity contribution is 6.39. The Hall–Kier alpha value is -4.73. The average Bonchev–Trinajstić information content (AvgIpc) is 2.85. The molecule has 0 aliphatic heterocycles. The number of primary amides is 1. The molecular weight excluding hydrogens is 455 g/mol. The zero-order valence-corrected chi connectivity index (χ0v) is 18.8. The molecule has 0 fully saturated rings. The van der Waals surface area contributed by atoms with Gasteiger partial charge in [-0.2, -0.15) is 5.10 Å². The quantitative estimate of drug-likeness (QED) is 0.247. The summed E-state index contributed by atoms with van der Waals surface area (Å²) in [5.74, 6) is -2.07. The third-order valence-electron chi connectivity index (χ3n) is 4.62. The number of anilines is 1.